The minimum Gasteiger partial charge on any atom is -0.351 e. The average Bonchev–Trinajstić information content (AvgIpc) is 3.41. The molecule has 0 atom stereocenters. The highest BCUT2D eigenvalue weighted by Crippen LogP contribution is 2.49. The van der Waals surface area contributed by atoms with Crippen molar-refractivity contribution < 1.29 is 4.79 Å². The number of thioether (sulfide) groups is 1. The van der Waals surface area contributed by atoms with Gasteiger partial charge in [0.25, 0.3) is 5.91 Å². The van der Waals surface area contributed by atoms with E-state index in [1.165, 1.54) is 19.3 Å². The summed E-state index contributed by atoms with van der Waals surface area (Å²) in [6.07, 6.45) is 10.4. The van der Waals surface area contributed by atoms with Crippen molar-refractivity contribution in [3.05, 3.63) is 40.0 Å². The van der Waals surface area contributed by atoms with Gasteiger partial charge in [-0.2, -0.15) is 0 Å². The van der Waals surface area contributed by atoms with Crippen LogP contribution in [-0.2, 0) is 7.05 Å². The van der Waals surface area contributed by atoms with Gasteiger partial charge in [0.15, 0.2) is 0 Å². The van der Waals surface area contributed by atoms with Gasteiger partial charge < -0.3 is 5.32 Å². The summed E-state index contributed by atoms with van der Waals surface area (Å²) in [6, 6.07) is 5.02. The molecule has 1 heterocycles. The zero-order valence-electron chi connectivity index (χ0n) is 16.5. The maximum atomic E-state index is 12.7. The van der Waals surface area contributed by atoms with E-state index in [1.54, 1.807) is 22.9 Å². The van der Waals surface area contributed by atoms with Gasteiger partial charge in [-0.15, -0.1) is 5.10 Å². The quantitative estimate of drug-likeness (QED) is 0.612. The lowest BCUT2D eigenvalue weighted by molar-refractivity contribution is 0.0897. The Labute approximate surface area is 185 Å². The predicted molar refractivity (Wildman–Crippen MR) is 118 cm³/mol. The van der Waals surface area contributed by atoms with Gasteiger partial charge in [0.1, 0.15) is 5.03 Å². The van der Waals surface area contributed by atoms with Gasteiger partial charge in [-0.1, -0.05) is 53.0 Å². The molecule has 0 bridgehead atoms. The number of carbonyl (C=O) groups is 1. The average molecular weight is 453 g/mol. The van der Waals surface area contributed by atoms with E-state index in [4.69, 9.17) is 23.2 Å². The van der Waals surface area contributed by atoms with Crippen LogP contribution in [0.2, 0.25) is 10.0 Å². The molecule has 0 aliphatic heterocycles. The maximum Gasteiger partial charge on any atom is 0.252 e. The molecule has 1 aromatic heterocycles. The van der Waals surface area contributed by atoms with Gasteiger partial charge in [0.2, 0.25) is 0 Å². The van der Waals surface area contributed by atoms with E-state index in [9.17, 15) is 4.79 Å². The molecule has 2 aliphatic carbocycles. The van der Waals surface area contributed by atoms with Crippen LogP contribution in [0.15, 0.2) is 29.4 Å². The molecule has 8 heteroatoms. The van der Waals surface area contributed by atoms with E-state index in [0.717, 1.165) is 36.6 Å². The third-order valence-electron chi connectivity index (χ3n) is 6.08. The number of nitrogens with zero attached hydrogens (tertiary/aromatic N) is 3. The molecule has 2 saturated carbocycles. The third-order valence-corrected chi connectivity index (χ3v) is 7.86. The second-order valence-electron chi connectivity index (χ2n) is 8.50. The molecule has 1 amide bonds. The minimum absolute atomic E-state index is 0.113. The summed E-state index contributed by atoms with van der Waals surface area (Å²) in [7, 11) is 1.90. The van der Waals surface area contributed by atoms with Crippen LogP contribution in [-0.4, -0.2) is 32.7 Å². The molecule has 5 nitrogen and oxygen atoms in total. The van der Waals surface area contributed by atoms with E-state index < -0.39 is 0 Å². The minimum atomic E-state index is -0.113. The zero-order valence-corrected chi connectivity index (χ0v) is 18.9. The molecule has 2 fully saturated rings. The molecule has 0 saturated heterocycles. The van der Waals surface area contributed by atoms with E-state index in [0.29, 0.717) is 27.4 Å². The Morgan fingerprint density at radius 3 is 2.66 bits per heavy atom. The number of aromatic nitrogens is 3. The lowest BCUT2D eigenvalue weighted by atomic mass is 9.70. The predicted octanol–water partition coefficient (Wildman–Crippen LogP) is 5.37. The normalized spacial score (nSPS) is 24.4. The lowest BCUT2D eigenvalue weighted by Gasteiger charge is -2.40. The van der Waals surface area contributed by atoms with Crippen LogP contribution < -0.4 is 5.32 Å². The topological polar surface area (TPSA) is 59.8 Å². The lowest BCUT2D eigenvalue weighted by Crippen LogP contribution is -2.41. The fourth-order valence-corrected chi connectivity index (χ4v) is 5.90. The molecule has 2 aromatic rings. The molecule has 0 spiro atoms. The monoisotopic (exact) mass is 452 g/mol. The molecule has 0 unspecified atom stereocenters. The van der Waals surface area contributed by atoms with E-state index in [2.05, 4.69) is 15.6 Å². The molecule has 0 radical (unpaired) electrons. The molecule has 156 valence electrons. The van der Waals surface area contributed by atoms with Gasteiger partial charge >= 0.3 is 0 Å². The van der Waals surface area contributed by atoms with Crippen LogP contribution in [0, 0.1) is 11.3 Å². The summed E-state index contributed by atoms with van der Waals surface area (Å²) in [5, 5.41) is 13.9. The number of hydrogen-bond donors (Lipinski definition) is 1. The molecule has 29 heavy (non-hydrogen) atoms. The van der Waals surface area contributed by atoms with Crippen molar-refractivity contribution in [3.63, 3.8) is 0 Å². The fourth-order valence-electron chi connectivity index (χ4n) is 4.30. The molecule has 1 aromatic carbocycles. The molecular formula is C21H26Cl2N4OS. The highest BCUT2D eigenvalue weighted by Gasteiger charge is 2.40. The van der Waals surface area contributed by atoms with E-state index in [-0.39, 0.29) is 11.3 Å². The van der Waals surface area contributed by atoms with Crippen molar-refractivity contribution in [1.29, 1.82) is 0 Å². The molecule has 4 rings (SSSR count). The smallest absolute Gasteiger partial charge is 0.252 e. The van der Waals surface area contributed by atoms with Crippen molar-refractivity contribution in [2.45, 2.75) is 55.2 Å². The number of rotatable bonds is 7. The summed E-state index contributed by atoms with van der Waals surface area (Å²) in [5.74, 6) is 0.716. The first-order valence-corrected chi connectivity index (χ1v) is 11.8. The Balaban J connectivity index is 1.36. The van der Waals surface area contributed by atoms with Crippen LogP contribution in [0.1, 0.15) is 55.3 Å². The first-order chi connectivity index (χ1) is 13.9. The first kappa shape index (κ1) is 21.0. The fraction of sp³-hybridized carbons (Fsp3) is 0.571. The summed E-state index contributed by atoms with van der Waals surface area (Å²) in [4.78, 5) is 12.7. The number of benzene rings is 1. The van der Waals surface area contributed by atoms with Crippen LogP contribution in [0.25, 0.3) is 0 Å². The second kappa shape index (κ2) is 8.86. The standard InChI is InChI=1S/C21H26Cl2N4OS/c1-27-12-19(25-26-27)29-16-6-8-21(9-7-16,11-14-2-3-14)13-24-20(28)17-5-4-15(22)10-18(17)23/h4-5,10,12,14,16H,2-3,6-9,11,13H2,1H3,(H,24,28). The van der Waals surface area contributed by atoms with Crippen molar-refractivity contribution >= 4 is 40.9 Å². The molecule has 2 aliphatic rings. The van der Waals surface area contributed by atoms with Crippen LogP contribution in [0.5, 0.6) is 0 Å². The Hall–Kier alpha value is -1.24. The van der Waals surface area contributed by atoms with Crippen molar-refractivity contribution in [2.75, 3.05) is 6.54 Å². The second-order valence-corrected chi connectivity index (χ2v) is 10.7. The van der Waals surface area contributed by atoms with Crippen LogP contribution >= 0.6 is 35.0 Å². The van der Waals surface area contributed by atoms with Crippen molar-refractivity contribution in [3.8, 4) is 0 Å². The van der Waals surface area contributed by atoms with E-state index >= 15 is 0 Å². The van der Waals surface area contributed by atoms with E-state index in [1.807, 2.05) is 25.0 Å². The maximum absolute atomic E-state index is 12.7. The zero-order chi connectivity index (χ0) is 20.4. The number of halogens is 2. The summed E-state index contributed by atoms with van der Waals surface area (Å²) >= 11 is 14.0. The molecule has 1 N–H and O–H groups in total. The summed E-state index contributed by atoms with van der Waals surface area (Å²) < 4.78 is 1.75. The highest BCUT2D eigenvalue weighted by atomic mass is 35.5. The number of aryl methyl sites for hydroxylation is 1. The van der Waals surface area contributed by atoms with Gasteiger partial charge in [0.05, 0.1) is 16.8 Å². The first-order valence-electron chi connectivity index (χ1n) is 10.2. The van der Waals surface area contributed by atoms with Crippen LogP contribution in [0.4, 0.5) is 0 Å². The largest absolute Gasteiger partial charge is 0.351 e. The van der Waals surface area contributed by atoms with Crippen molar-refractivity contribution in [2.24, 2.45) is 18.4 Å². The number of hydrogen-bond acceptors (Lipinski definition) is 4. The Morgan fingerprint density at radius 1 is 1.28 bits per heavy atom. The number of carbonyl (C=O) groups excluding carboxylic acids is 1. The van der Waals surface area contributed by atoms with Gasteiger partial charge in [0, 0.05) is 23.9 Å². The summed E-state index contributed by atoms with van der Waals surface area (Å²) in [5.41, 5.74) is 0.680. The van der Waals surface area contributed by atoms with Crippen molar-refractivity contribution in [1.82, 2.24) is 20.3 Å². The number of nitrogens with one attached hydrogen (secondary N) is 1. The number of amides is 1. The van der Waals surface area contributed by atoms with Gasteiger partial charge in [-0.05, 0) is 61.6 Å². The third kappa shape index (κ3) is 5.47. The Morgan fingerprint density at radius 2 is 2.03 bits per heavy atom. The highest BCUT2D eigenvalue weighted by molar-refractivity contribution is 7.99. The molecular weight excluding hydrogens is 427 g/mol. The SMILES string of the molecule is Cn1cc(SC2CCC(CNC(=O)c3ccc(Cl)cc3Cl)(CC3CC3)CC2)nn1. The van der Waals surface area contributed by atoms with Gasteiger partial charge in [-0.25, -0.2) is 0 Å². The van der Waals surface area contributed by atoms with Gasteiger partial charge in [-0.3, -0.25) is 9.48 Å². The Kier molecular flexibility index (Phi) is 6.42. The summed E-state index contributed by atoms with van der Waals surface area (Å²) in [6.45, 7) is 0.712. The Bertz CT molecular complexity index is 875. The van der Waals surface area contributed by atoms with Crippen LogP contribution in [0.3, 0.4) is 0 Å².